The van der Waals surface area contributed by atoms with Gasteiger partial charge < -0.3 is 9.80 Å². The summed E-state index contributed by atoms with van der Waals surface area (Å²) in [5, 5.41) is 0. The van der Waals surface area contributed by atoms with Crippen molar-refractivity contribution in [2.24, 2.45) is 0 Å². The Hall–Kier alpha value is -2.75. The van der Waals surface area contributed by atoms with E-state index in [0.717, 1.165) is 44.4 Å². The highest BCUT2D eigenvalue weighted by Gasteiger charge is 2.37. The predicted octanol–water partition coefficient (Wildman–Crippen LogP) is 1.54. The summed E-state index contributed by atoms with van der Waals surface area (Å²) in [5.41, 5.74) is -0.816. The van der Waals surface area contributed by atoms with Crippen molar-refractivity contribution in [3.8, 4) is 0 Å². The Morgan fingerprint density at radius 3 is 2.25 bits per heavy atom. The van der Waals surface area contributed by atoms with Crippen molar-refractivity contribution in [2.45, 2.75) is 12.2 Å². The van der Waals surface area contributed by atoms with Crippen LogP contribution < -0.4 is 4.90 Å². The average Bonchev–Trinajstić information content (AvgIpc) is 2.67. The fourth-order valence-electron chi connectivity index (χ4n) is 3.46. The summed E-state index contributed by atoms with van der Waals surface area (Å²) in [6.45, 7) is 4.48. The second-order valence-electron chi connectivity index (χ2n) is 6.87. The van der Waals surface area contributed by atoms with Crippen molar-refractivity contribution in [3.63, 3.8) is 0 Å². The third kappa shape index (κ3) is 3.77. The second-order valence-corrected chi connectivity index (χ2v) is 6.87. The molecule has 0 atom stereocenters. The van der Waals surface area contributed by atoms with E-state index in [2.05, 4.69) is 24.8 Å². The molecule has 4 rings (SSSR count). The van der Waals surface area contributed by atoms with Crippen LogP contribution in [0.4, 0.5) is 19.1 Å². The zero-order valence-electron chi connectivity index (χ0n) is 15.0. The number of carbonyl (C=O) groups excluding carboxylic acids is 1. The van der Waals surface area contributed by atoms with Crippen LogP contribution >= 0.6 is 0 Å². The van der Waals surface area contributed by atoms with Gasteiger partial charge in [-0.25, -0.2) is 9.97 Å². The molecule has 0 radical (unpaired) electrons. The smallest absolute Gasteiger partial charge is 0.338 e. The number of halogens is 3. The van der Waals surface area contributed by atoms with E-state index in [1.165, 1.54) is 6.07 Å². The average molecular weight is 392 g/mol. The summed E-state index contributed by atoms with van der Waals surface area (Å²) in [6.07, 6.45) is -0.0616. The molecule has 0 N–H and O–H groups in total. The number of nitrogens with zero attached hydrogens (tertiary/aromatic N) is 6. The van der Waals surface area contributed by atoms with Gasteiger partial charge >= 0.3 is 6.18 Å². The van der Waals surface area contributed by atoms with Gasteiger partial charge in [-0.1, -0.05) is 0 Å². The Morgan fingerprint density at radius 2 is 1.68 bits per heavy atom. The second kappa shape index (κ2) is 7.34. The van der Waals surface area contributed by atoms with Gasteiger partial charge in [0.25, 0.3) is 5.91 Å². The van der Waals surface area contributed by atoms with Crippen molar-refractivity contribution >= 4 is 11.9 Å². The van der Waals surface area contributed by atoms with Crippen molar-refractivity contribution < 1.29 is 18.0 Å². The van der Waals surface area contributed by atoms with Crippen LogP contribution in [0.15, 0.2) is 36.8 Å². The highest BCUT2D eigenvalue weighted by molar-refractivity contribution is 5.94. The molecule has 2 aromatic rings. The van der Waals surface area contributed by atoms with Crippen molar-refractivity contribution in [1.82, 2.24) is 24.8 Å². The number of rotatable bonds is 3. The highest BCUT2D eigenvalue weighted by atomic mass is 19.4. The molecule has 0 spiro atoms. The summed E-state index contributed by atoms with van der Waals surface area (Å²) in [4.78, 5) is 30.4. The predicted molar refractivity (Wildman–Crippen MR) is 94.7 cm³/mol. The first-order valence-electron chi connectivity index (χ1n) is 9.00. The van der Waals surface area contributed by atoms with Gasteiger partial charge in [0, 0.05) is 63.9 Å². The molecule has 2 aliphatic heterocycles. The van der Waals surface area contributed by atoms with Crippen LogP contribution in [-0.4, -0.2) is 76.0 Å². The van der Waals surface area contributed by atoms with Crippen molar-refractivity contribution in [3.05, 3.63) is 48.0 Å². The molecule has 1 amide bonds. The summed E-state index contributed by atoms with van der Waals surface area (Å²) in [7, 11) is 0. The molecule has 0 aliphatic carbocycles. The maximum Gasteiger partial charge on any atom is 0.433 e. The lowest BCUT2D eigenvalue weighted by atomic mass is 10.0. The van der Waals surface area contributed by atoms with Gasteiger partial charge in [-0.2, -0.15) is 13.2 Å². The standard InChI is InChI=1S/C18H19F3N6O/c19-18(20,21)15-3-2-13(10-24-15)16(28)27-11-14(12-27)25-6-8-26(9-7-25)17-22-4-1-5-23-17/h1-5,10,14H,6-9,11-12H2. The van der Waals surface area contributed by atoms with Gasteiger partial charge in [0.1, 0.15) is 5.69 Å². The first-order chi connectivity index (χ1) is 13.4. The van der Waals surface area contributed by atoms with E-state index in [4.69, 9.17) is 0 Å². The van der Waals surface area contributed by atoms with E-state index in [-0.39, 0.29) is 17.5 Å². The number of hydrogen-bond acceptors (Lipinski definition) is 6. The summed E-state index contributed by atoms with van der Waals surface area (Å²) in [5.74, 6) is 0.441. The topological polar surface area (TPSA) is 65.5 Å². The molecule has 0 aromatic carbocycles. The normalized spacial score (nSPS) is 18.8. The number of hydrogen-bond donors (Lipinski definition) is 0. The SMILES string of the molecule is O=C(c1ccc(C(F)(F)F)nc1)N1CC(N2CCN(c3ncccn3)CC2)C1. The maximum absolute atomic E-state index is 12.6. The molecule has 4 heterocycles. The first kappa shape index (κ1) is 18.6. The van der Waals surface area contributed by atoms with Crippen LogP contribution in [0.2, 0.25) is 0 Å². The minimum absolute atomic E-state index is 0.178. The van der Waals surface area contributed by atoms with Crippen molar-refractivity contribution in [1.29, 1.82) is 0 Å². The number of amides is 1. The van der Waals surface area contributed by atoms with Gasteiger partial charge in [0.2, 0.25) is 5.95 Å². The lowest BCUT2D eigenvalue weighted by Gasteiger charge is -2.48. The molecular formula is C18H19F3N6O. The van der Waals surface area contributed by atoms with Crippen LogP contribution in [-0.2, 0) is 6.18 Å². The fourth-order valence-corrected chi connectivity index (χ4v) is 3.46. The van der Waals surface area contributed by atoms with E-state index in [9.17, 15) is 18.0 Å². The van der Waals surface area contributed by atoms with Gasteiger partial charge in [0.05, 0.1) is 5.56 Å². The van der Waals surface area contributed by atoms with E-state index < -0.39 is 11.9 Å². The molecular weight excluding hydrogens is 373 g/mol. The molecule has 10 heteroatoms. The van der Waals surface area contributed by atoms with E-state index >= 15 is 0 Å². The molecule has 0 unspecified atom stereocenters. The lowest BCUT2D eigenvalue weighted by Crippen LogP contribution is -2.64. The number of likely N-dealkylation sites (tertiary alicyclic amines) is 1. The minimum atomic E-state index is -4.50. The quantitative estimate of drug-likeness (QED) is 0.790. The number of carbonyl (C=O) groups is 1. The molecule has 28 heavy (non-hydrogen) atoms. The largest absolute Gasteiger partial charge is 0.433 e. The van der Waals surface area contributed by atoms with Crippen LogP contribution in [0.1, 0.15) is 16.1 Å². The summed E-state index contributed by atoms with van der Waals surface area (Å²) in [6, 6.07) is 4.08. The Morgan fingerprint density at radius 1 is 1.00 bits per heavy atom. The number of aromatic nitrogens is 3. The molecule has 7 nitrogen and oxygen atoms in total. The minimum Gasteiger partial charge on any atom is -0.338 e. The van der Waals surface area contributed by atoms with E-state index in [1.807, 2.05) is 0 Å². The lowest BCUT2D eigenvalue weighted by molar-refractivity contribution is -0.141. The Balaban J connectivity index is 1.27. The monoisotopic (exact) mass is 392 g/mol. The molecule has 2 aromatic heterocycles. The highest BCUT2D eigenvalue weighted by Crippen LogP contribution is 2.27. The molecule has 2 fully saturated rings. The Labute approximate surface area is 159 Å². The number of piperazine rings is 1. The van der Waals surface area contributed by atoms with Crippen LogP contribution in [0.25, 0.3) is 0 Å². The van der Waals surface area contributed by atoms with Crippen LogP contribution in [0.3, 0.4) is 0 Å². The van der Waals surface area contributed by atoms with E-state index in [1.54, 1.807) is 23.4 Å². The third-order valence-corrected chi connectivity index (χ3v) is 5.12. The number of alkyl halides is 3. The van der Waals surface area contributed by atoms with Crippen LogP contribution in [0.5, 0.6) is 0 Å². The first-order valence-corrected chi connectivity index (χ1v) is 9.00. The summed E-state index contributed by atoms with van der Waals surface area (Å²) < 4.78 is 37.7. The zero-order valence-corrected chi connectivity index (χ0v) is 15.0. The van der Waals surface area contributed by atoms with Gasteiger partial charge in [0.15, 0.2) is 0 Å². The molecule has 2 aliphatic rings. The Bertz CT molecular complexity index is 815. The van der Waals surface area contributed by atoms with Crippen molar-refractivity contribution in [2.75, 3.05) is 44.2 Å². The fraction of sp³-hybridized carbons (Fsp3) is 0.444. The maximum atomic E-state index is 12.6. The Kier molecular flexibility index (Phi) is 4.88. The van der Waals surface area contributed by atoms with Gasteiger partial charge in [-0.05, 0) is 18.2 Å². The van der Waals surface area contributed by atoms with E-state index in [0.29, 0.717) is 13.1 Å². The van der Waals surface area contributed by atoms with Crippen LogP contribution in [0, 0.1) is 0 Å². The molecule has 0 saturated carbocycles. The molecule has 148 valence electrons. The van der Waals surface area contributed by atoms with Gasteiger partial charge in [-0.3, -0.25) is 14.7 Å². The molecule has 2 saturated heterocycles. The summed E-state index contributed by atoms with van der Waals surface area (Å²) >= 11 is 0. The zero-order chi connectivity index (χ0) is 19.7. The third-order valence-electron chi connectivity index (χ3n) is 5.12. The molecule has 0 bridgehead atoms. The van der Waals surface area contributed by atoms with Gasteiger partial charge in [-0.15, -0.1) is 0 Å². The number of anilines is 1. The number of pyridine rings is 1.